The number of nitrogens with zero attached hydrogens (tertiary/aromatic N) is 1. The second-order valence-corrected chi connectivity index (χ2v) is 8.24. The number of aliphatic hydroxyl groups excluding tert-OH is 2. The summed E-state index contributed by atoms with van der Waals surface area (Å²) in [4.78, 5) is 15.7. The number of carboxylic acids is 1. The number of aromatic nitrogens is 1. The Morgan fingerprint density at radius 1 is 1.10 bits per heavy atom. The summed E-state index contributed by atoms with van der Waals surface area (Å²) < 4.78 is 0. The van der Waals surface area contributed by atoms with Gasteiger partial charge in [-0.15, -0.1) is 0 Å². The molecule has 2 atom stereocenters. The summed E-state index contributed by atoms with van der Waals surface area (Å²) in [7, 11) is 0. The van der Waals surface area contributed by atoms with E-state index >= 15 is 0 Å². The molecule has 1 heterocycles. The first-order valence-electron chi connectivity index (χ1n) is 10.5. The molecule has 2 aromatic carbocycles. The Labute approximate surface area is 182 Å². The van der Waals surface area contributed by atoms with Crippen LogP contribution in [-0.4, -0.2) is 38.5 Å². The van der Waals surface area contributed by atoms with Gasteiger partial charge in [-0.25, -0.2) is 0 Å². The molecule has 31 heavy (non-hydrogen) atoms. The van der Waals surface area contributed by atoms with Crippen LogP contribution >= 0.6 is 0 Å². The molecule has 5 nitrogen and oxygen atoms in total. The van der Waals surface area contributed by atoms with Gasteiger partial charge in [0.15, 0.2) is 0 Å². The van der Waals surface area contributed by atoms with Crippen LogP contribution in [0, 0.1) is 6.92 Å². The summed E-state index contributed by atoms with van der Waals surface area (Å²) in [5, 5.41) is 30.1. The van der Waals surface area contributed by atoms with Gasteiger partial charge in [0.2, 0.25) is 0 Å². The molecule has 0 bridgehead atoms. The van der Waals surface area contributed by atoms with Crippen molar-refractivity contribution in [3.05, 3.63) is 71.4 Å². The first kappa shape index (κ1) is 22.7. The number of hydrogen-bond donors (Lipinski definition) is 3. The number of aliphatic carboxylic acids is 1. The van der Waals surface area contributed by atoms with Crippen LogP contribution in [0.2, 0.25) is 0 Å². The van der Waals surface area contributed by atoms with Crippen molar-refractivity contribution in [1.82, 2.24) is 4.98 Å². The Hall–Kier alpha value is -3.02. The highest BCUT2D eigenvalue weighted by atomic mass is 16.4. The summed E-state index contributed by atoms with van der Waals surface area (Å²) >= 11 is 0. The van der Waals surface area contributed by atoms with Gasteiger partial charge >= 0.3 is 5.97 Å². The van der Waals surface area contributed by atoms with Crippen molar-refractivity contribution in [2.45, 2.75) is 51.7 Å². The summed E-state index contributed by atoms with van der Waals surface area (Å²) in [5.41, 5.74) is 6.01. The molecule has 162 valence electrons. The molecule has 0 radical (unpaired) electrons. The zero-order valence-electron chi connectivity index (χ0n) is 18.1. The first-order valence-corrected chi connectivity index (χ1v) is 10.5. The molecule has 5 heteroatoms. The number of carboxylic acid groups (broad SMARTS) is 1. The van der Waals surface area contributed by atoms with Crippen molar-refractivity contribution in [1.29, 1.82) is 0 Å². The number of pyridine rings is 1. The molecule has 0 fully saturated rings. The van der Waals surface area contributed by atoms with Gasteiger partial charge in [0, 0.05) is 22.9 Å². The van der Waals surface area contributed by atoms with Crippen LogP contribution in [-0.2, 0) is 4.79 Å². The maximum atomic E-state index is 10.8. The van der Waals surface area contributed by atoms with E-state index in [-0.39, 0.29) is 12.3 Å². The molecule has 0 aliphatic heterocycles. The summed E-state index contributed by atoms with van der Waals surface area (Å²) in [5.74, 6) is -0.937. The van der Waals surface area contributed by atoms with Crippen LogP contribution in [0.5, 0.6) is 0 Å². The minimum Gasteiger partial charge on any atom is -0.481 e. The van der Waals surface area contributed by atoms with E-state index in [2.05, 4.69) is 44.2 Å². The van der Waals surface area contributed by atoms with Crippen LogP contribution in [0.3, 0.4) is 0 Å². The average molecular weight is 420 g/mol. The van der Waals surface area contributed by atoms with Gasteiger partial charge in [-0.3, -0.25) is 9.78 Å². The van der Waals surface area contributed by atoms with E-state index in [1.807, 2.05) is 31.2 Å². The van der Waals surface area contributed by atoms with Gasteiger partial charge in [0.1, 0.15) is 0 Å². The summed E-state index contributed by atoms with van der Waals surface area (Å²) in [6.45, 7) is 6.22. The lowest BCUT2D eigenvalue weighted by atomic mass is 9.90. The van der Waals surface area contributed by atoms with E-state index in [1.165, 1.54) is 0 Å². The predicted octanol–water partition coefficient (Wildman–Crippen LogP) is 4.93. The Morgan fingerprint density at radius 2 is 1.81 bits per heavy atom. The molecule has 0 amide bonds. The molecule has 1 aromatic heterocycles. The van der Waals surface area contributed by atoms with Gasteiger partial charge in [-0.2, -0.15) is 0 Å². The standard InChI is InChI=1S/C26H29NO4/c1-16(2)26-22(12-10-19(28)14-20(29)15-24(30)31)25(18-7-5-4-6-8-18)21-11-9-17(3)13-23(21)27-26/h4-13,16,19-20,28-29H,14-15H2,1-3H3,(H,30,31)/b12-10+. The molecule has 0 aliphatic rings. The Kier molecular flexibility index (Phi) is 7.21. The highest BCUT2D eigenvalue weighted by molar-refractivity contribution is 5.99. The van der Waals surface area contributed by atoms with Crippen molar-refractivity contribution in [2.75, 3.05) is 0 Å². The fourth-order valence-electron chi connectivity index (χ4n) is 3.78. The quantitative estimate of drug-likeness (QED) is 0.481. The lowest BCUT2D eigenvalue weighted by molar-refractivity contribution is -0.139. The fraction of sp³-hybridized carbons (Fsp3) is 0.308. The third kappa shape index (κ3) is 5.57. The van der Waals surface area contributed by atoms with E-state index in [0.29, 0.717) is 0 Å². The number of carbonyl (C=O) groups is 1. The maximum Gasteiger partial charge on any atom is 0.305 e. The third-order valence-electron chi connectivity index (χ3n) is 5.23. The lowest BCUT2D eigenvalue weighted by Gasteiger charge is -2.18. The molecule has 2 unspecified atom stereocenters. The molecule has 3 aromatic rings. The van der Waals surface area contributed by atoms with Crippen LogP contribution in [0.4, 0.5) is 0 Å². The highest BCUT2D eigenvalue weighted by Gasteiger charge is 2.18. The summed E-state index contributed by atoms with van der Waals surface area (Å²) in [6.07, 6.45) is 0.956. The van der Waals surface area contributed by atoms with Crippen molar-refractivity contribution in [3.8, 4) is 11.1 Å². The normalized spacial score (nSPS) is 13.7. The van der Waals surface area contributed by atoms with E-state index in [4.69, 9.17) is 10.1 Å². The largest absolute Gasteiger partial charge is 0.481 e. The molecule has 0 spiro atoms. The predicted molar refractivity (Wildman–Crippen MR) is 124 cm³/mol. The van der Waals surface area contributed by atoms with E-state index < -0.39 is 24.6 Å². The number of rotatable bonds is 8. The number of fused-ring (bicyclic) bond motifs is 1. The van der Waals surface area contributed by atoms with Gasteiger partial charge in [-0.05, 0) is 30.0 Å². The fourth-order valence-corrected chi connectivity index (χ4v) is 3.78. The van der Waals surface area contributed by atoms with E-state index in [9.17, 15) is 15.0 Å². The molecule has 3 N–H and O–H groups in total. The minimum atomic E-state index is -1.10. The number of aliphatic hydroxyl groups is 2. The second-order valence-electron chi connectivity index (χ2n) is 8.24. The van der Waals surface area contributed by atoms with Crippen molar-refractivity contribution >= 4 is 22.9 Å². The first-order chi connectivity index (χ1) is 14.8. The van der Waals surface area contributed by atoms with Gasteiger partial charge < -0.3 is 15.3 Å². The van der Waals surface area contributed by atoms with Gasteiger partial charge in [-0.1, -0.05) is 68.5 Å². The smallest absolute Gasteiger partial charge is 0.305 e. The molecule has 0 aliphatic carbocycles. The van der Waals surface area contributed by atoms with E-state index in [0.717, 1.165) is 38.9 Å². The van der Waals surface area contributed by atoms with Crippen molar-refractivity contribution < 1.29 is 20.1 Å². The molecule has 3 rings (SSSR count). The molecular weight excluding hydrogens is 390 g/mol. The van der Waals surface area contributed by atoms with Crippen LogP contribution < -0.4 is 0 Å². The summed E-state index contributed by atoms with van der Waals surface area (Å²) in [6, 6.07) is 16.3. The Bertz CT molecular complexity index is 1090. The van der Waals surface area contributed by atoms with Crippen LogP contribution in [0.15, 0.2) is 54.6 Å². The maximum absolute atomic E-state index is 10.8. The number of benzene rings is 2. The SMILES string of the molecule is Cc1ccc2c(-c3ccccc3)c(/C=C/C(O)CC(O)CC(=O)O)c(C(C)C)nc2c1. The van der Waals surface area contributed by atoms with Crippen molar-refractivity contribution in [3.63, 3.8) is 0 Å². The van der Waals surface area contributed by atoms with Crippen LogP contribution in [0.1, 0.15) is 49.4 Å². The molecular formula is C26H29NO4. The highest BCUT2D eigenvalue weighted by Crippen LogP contribution is 2.36. The topological polar surface area (TPSA) is 90.7 Å². The molecule has 0 saturated carbocycles. The monoisotopic (exact) mass is 419 g/mol. The zero-order valence-corrected chi connectivity index (χ0v) is 18.1. The number of hydrogen-bond acceptors (Lipinski definition) is 4. The lowest BCUT2D eigenvalue weighted by Crippen LogP contribution is -2.19. The number of aryl methyl sites for hydroxylation is 1. The van der Waals surface area contributed by atoms with Gasteiger partial charge in [0.25, 0.3) is 0 Å². The second kappa shape index (κ2) is 9.86. The minimum absolute atomic E-state index is 0.0410. The van der Waals surface area contributed by atoms with Crippen molar-refractivity contribution in [2.24, 2.45) is 0 Å². The average Bonchev–Trinajstić information content (AvgIpc) is 2.71. The molecule has 0 saturated heterocycles. The Balaban J connectivity index is 2.13. The van der Waals surface area contributed by atoms with Gasteiger partial charge in [0.05, 0.1) is 29.8 Å². The zero-order chi connectivity index (χ0) is 22.5. The Morgan fingerprint density at radius 3 is 2.45 bits per heavy atom. The van der Waals surface area contributed by atoms with Crippen LogP contribution in [0.25, 0.3) is 28.1 Å². The van der Waals surface area contributed by atoms with E-state index in [1.54, 1.807) is 6.08 Å². The third-order valence-corrected chi connectivity index (χ3v) is 5.23.